The van der Waals surface area contributed by atoms with Crippen molar-refractivity contribution in [2.45, 2.75) is 18.9 Å². The first-order valence-corrected chi connectivity index (χ1v) is 5.28. The molecule has 3 nitrogen and oxygen atoms in total. The molecule has 1 aliphatic rings. The van der Waals surface area contributed by atoms with Crippen molar-refractivity contribution in [2.75, 3.05) is 5.73 Å². The largest absolute Gasteiger partial charge is 0.398 e. The lowest BCUT2D eigenvalue weighted by Crippen LogP contribution is -2.22. The third-order valence-electron chi connectivity index (χ3n) is 2.98. The highest BCUT2D eigenvalue weighted by atomic mass is 19.1. The van der Waals surface area contributed by atoms with Crippen LogP contribution in [0.15, 0.2) is 29.1 Å². The number of benzene rings is 1. The summed E-state index contributed by atoms with van der Waals surface area (Å²) in [4.78, 5) is 11.7. The van der Waals surface area contributed by atoms with Crippen molar-refractivity contribution in [3.8, 4) is 0 Å². The molecule has 0 atom stereocenters. The van der Waals surface area contributed by atoms with Crippen LogP contribution in [-0.4, -0.2) is 4.57 Å². The Balaban J connectivity index is 2.48. The van der Waals surface area contributed by atoms with Gasteiger partial charge in [-0.05, 0) is 31.0 Å². The second-order valence-electron chi connectivity index (χ2n) is 4.18. The monoisotopic (exact) mass is 218 g/mol. The van der Waals surface area contributed by atoms with Gasteiger partial charge in [-0.2, -0.15) is 0 Å². The van der Waals surface area contributed by atoms with Gasteiger partial charge in [0.2, 0.25) is 0 Å². The minimum absolute atomic E-state index is 0.146. The fourth-order valence-corrected chi connectivity index (χ4v) is 2.05. The maximum atomic E-state index is 13.5. The van der Waals surface area contributed by atoms with Gasteiger partial charge < -0.3 is 10.3 Å². The molecule has 1 heterocycles. The van der Waals surface area contributed by atoms with E-state index >= 15 is 0 Å². The van der Waals surface area contributed by atoms with E-state index in [1.807, 2.05) is 6.07 Å². The van der Waals surface area contributed by atoms with E-state index < -0.39 is 11.4 Å². The predicted molar refractivity (Wildman–Crippen MR) is 60.8 cm³/mol. The topological polar surface area (TPSA) is 48.0 Å². The second kappa shape index (κ2) is 3.07. The molecule has 0 aliphatic heterocycles. The number of nitrogens with two attached hydrogens (primary N) is 1. The number of aromatic nitrogens is 1. The molecule has 82 valence electrons. The zero-order valence-electron chi connectivity index (χ0n) is 8.61. The van der Waals surface area contributed by atoms with Crippen LogP contribution in [0.25, 0.3) is 10.9 Å². The normalized spacial score (nSPS) is 15.6. The molecule has 1 aromatic carbocycles. The standard InChI is InChI=1S/C12H11FN2O/c13-9-6-8-10(14)2-1-3-11(8)15(12(9)16)7-4-5-7/h1-3,6-7H,4-5,14H2. The summed E-state index contributed by atoms with van der Waals surface area (Å²) in [6.07, 6.45) is 1.88. The first-order chi connectivity index (χ1) is 7.68. The van der Waals surface area contributed by atoms with Crippen molar-refractivity contribution in [1.29, 1.82) is 0 Å². The summed E-state index contributed by atoms with van der Waals surface area (Å²) in [5.41, 5.74) is 6.48. The first-order valence-electron chi connectivity index (χ1n) is 5.28. The average molecular weight is 218 g/mol. The van der Waals surface area contributed by atoms with Crippen molar-refractivity contribution in [3.63, 3.8) is 0 Å². The zero-order chi connectivity index (χ0) is 11.3. The molecule has 16 heavy (non-hydrogen) atoms. The van der Waals surface area contributed by atoms with Gasteiger partial charge in [0.15, 0.2) is 5.82 Å². The molecule has 0 unspecified atom stereocenters. The molecule has 0 saturated heterocycles. The number of hydrogen-bond acceptors (Lipinski definition) is 2. The van der Waals surface area contributed by atoms with Crippen LogP contribution in [0.1, 0.15) is 18.9 Å². The Kier molecular flexibility index (Phi) is 1.80. The highest BCUT2D eigenvalue weighted by Crippen LogP contribution is 2.36. The first kappa shape index (κ1) is 9.39. The molecule has 1 fully saturated rings. The van der Waals surface area contributed by atoms with Gasteiger partial charge in [-0.15, -0.1) is 0 Å². The van der Waals surface area contributed by atoms with Gasteiger partial charge in [-0.25, -0.2) is 4.39 Å². The van der Waals surface area contributed by atoms with Gasteiger partial charge >= 0.3 is 0 Å². The van der Waals surface area contributed by atoms with Gasteiger partial charge in [0, 0.05) is 17.1 Å². The van der Waals surface area contributed by atoms with E-state index in [1.54, 1.807) is 12.1 Å². The van der Waals surface area contributed by atoms with Crippen molar-refractivity contribution >= 4 is 16.6 Å². The molecule has 0 amide bonds. The summed E-state index contributed by atoms with van der Waals surface area (Å²) in [6, 6.07) is 6.68. The van der Waals surface area contributed by atoms with Gasteiger partial charge in [0.05, 0.1) is 5.52 Å². The van der Waals surface area contributed by atoms with Crippen molar-refractivity contribution in [2.24, 2.45) is 0 Å². The van der Waals surface area contributed by atoms with Crippen LogP contribution >= 0.6 is 0 Å². The summed E-state index contributed by atoms with van der Waals surface area (Å²) < 4.78 is 15.0. The van der Waals surface area contributed by atoms with E-state index in [9.17, 15) is 9.18 Å². The second-order valence-corrected chi connectivity index (χ2v) is 4.18. The van der Waals surface area contributed by atoms with Crippen LogP contribution in [0.2, 0.25) is 0 Å². The van der Waals surface area contributed by atoms with E-state index in [0.717, 1.165) is 18.4 Å². The molecule has 0 bridgehead atoms. The molecule has 0 spiro atoms. The van der Waals surface area contributed by atoms with Crippen molar-refractivity contribution < 1.29 is 4.39 Å². The number of hydrogen-bond donors (Lipinski definition) is 1. The lowest BCUT2D eigenvalue weighted by Gasteiger charge is -2.10. The lowest BCUT2D eigenvalue weighted by molar-refractivity contribution is 0.582. The minimum Gasteiger partial charge on any atom is -0.398 e. The highest BCUT2D eigenvalue weighted by Gasteiger charge is 2.27. The molecule has 2 aromatic rings. The third kappa shape index (κ3) is 1.23. The fraction of sp³-hybridized carbons (Fsp3) is 0.250. The van der Waals surface area contributed by atoms with Crippen LogP contribution in [0.4, 0.5) is 10.1 Å². The maximum Gasteiger partial charge on any atom is 0.287 e. The summed E-state index contributed by atoms with van der Waals surface area (Å²) >= 11 is 0. The van der Waals surface area contributed by atoms with E-state index in [0.29, 0.717) is 11.1 Å². The Labute approximate surface area is 91.3 Å². The summed E-state index contributed by atoms with van der Waals surface area (Å²) in [5.74, 6) is -0.725. The highest BCUT2D eigenvalue weighted by molar-refractivity contribution is 5.90. The van der Waals surface area contributed by atoms with Gasteiger partial charge in [0.25, 0.3) is 5.56 Å². The molecule has 0 radical (unpaired) electrons. The van der Waals surface area contributed by atoms with Crippen LogP contribution in [0.3, 0.4) is 0 Å². The van der Waals surface area contributed by atoms with E-state index in [1.165, 1.54) is 10.6 Å². The van der Waals surface area contributed by atoms with Crippen molar-refractivity contribution in [3.05, 3.63) is 40.4 Å². The Morgan fingerprint density at radius 1 is 1.38 bits per heavy atom. The van der Waals surface area contributed by atoms with Crippen molar-refractivity contribution in [1.82, 2.24) is 4.57 Å². The maximum absolute atomic E-state index is 13.5. The van der Waals surface area contributed by atoms with Crippen LogP contribution < -0.4 is 11.3 Å². The zero-order valence-corrected chi connectivity index (χ0v) is 8.61. The van der Waals surface area contributed by atoms with Gasteiger partial charge in [-0.3, -0.25) is 4.79 Å². The average Bonchev–Trinajstić information content (AvgIpc) is 3.06. The molecular formula is C12H11FN2O. The Hall–Kier alpha value is -1.84. The molecule has 1 aliphatic carbocycles. The number of anilines is 1. The number of nitrogen functional groups attached to an aromatic ring is 1. The predicted octanol–water partition coefficient (Wildman–Crippen LogP) is 2.06. The fourth-order valence-electron chi connectivity index (χ4n) is 2.05. The Bertz CT molecular complexity index is 629. The number of pyridine rings is 1. The molecule has 1 saturated carbocycles. The van der Waals surface area contributed by atoms with Crippen LogP contribution in [-0.2, 0) is 0 Å². The lowest BCUT2D eigenvalue weighted by atomic mass is 10.1. The summed E-state index contributed by atoms with van der Waals surface area (Å²) in [6.45, 7) is 0. The SMILES string of the molecule is Nc1cccc2c1cc(F)c(=O)n2C1CC1. The van der Waals surface area contributed by atoms with Crippen LogP contribution in [0, 0.1) is 5.82 Å². The summed E-state index contributed by atoms with van der Waals surface area (Å²) in [5, 5.41) is 0.617. The minimum atomic E-state index is -0.725. The van der Waals surface area contributed by atoms with Gasteiger partial charge in [-0.1, -0.05) is 6.07 Å². The van der Waals surface area contributed by atoms with E-state index in [2.05, 4.69) is 0 Å². The molecule has 4 heteroatoms. The van der Waals surface area contributed by atoms with E-state index in [4.69, 9.17) is 5.73 Å². The smallest absolute Gasteiger partial charge is 0.287 e. The Morgan fingerprint density at radius 2 is 2.12 bits per heavy atom. The molecular weight excluding hydrogens is 207 g/mol. The molecule has 3 rings (SSSR count). The number of halogens is 1. The van der Waals surface area contributed by atoms with Gasteiger partial charge in [0.1, 0.15) is 0 Å². The summed E-state index contributed by atoms with van der Waals surface area (Å²) in [7, 11) is 0. The quantitative estimate of drug-likeness (QED) is 0.745. The van der Waals surface area contributed by atoms with E-state index in [-0.39, 0.29) is 6.04 Å². The van der Waals surface area contributed by atoms with Crippen LogP contribution in [0.5, 0.6) is 0 Å². The number of rotatable bonds is 1. The Morgan fingerprint density at radius 3 is 2.81 bits per heavy atom. The number of fused-ring (bicyclic) bond motifs is 1. The third-order valence-corrected chi connectivity index (χ3v) is 2.98. The molecule has 1 aromatic heterocycles. The molecule has 2 N–H and O–H groups in total. The number of nitrogens with zero attached hydrogens (tertiary/aromatic N) is 1.